The van der Waals surface area contributed by atoms with E-state index in [1.54, 1.807) is 31.7 Å². The van der Waals surface area contributed by atoms with Crippen LogP contribution in [0.25, 0.3) is 5.57 Å². The highest BCUT2D eigenvalue weighted by Gasteiger charge is 2.25. The van der Waals surface area contributed by atoms with Crippen LogP contribution in [0.1, 0.15) is 62.0 Å². The topological polar surface area (TPSA) is 88.2 Å². The number of nitrogens with zero attached hydrogens (tertiary/aromatic N) is 2. The largest absolute Gasteiger partial charge is 0.445 e. The summed E-state index contributed by atoms with van der Waals surface area (Å²) >= 11 is 0. The van der Waals surface area contributed by atoms with E-state index in [1.807, 2.05) is 43.3 Å². The fourth-order valence-electron chi connectivity index (χ4n) is 3.72. The Morgan fingerprint density at radius 1 is 1.11 bits per heavy atom. The van der Waals surface area contributed by atoms with Gasteiger partial charge in [-0.15, -0.1) is 0 Å². The van der Waals surface area contributed by atoms with Gasteiger partial charge in [-0.1, -0.05) is 49.4 Å². The van der Waals surface area contributed by atoms with E-state index in [2.05, 4.69) is 5.43 Å². The molecule has 0 aliphatic carbocycles. The summed E-state index contributed by atoms with van der Waals surface area (Å²) in [6.07, 6.45) is 1.84. The average Bonchev–Trinajstić information content (AvgIpc) is 2.86. The Kier molecular flexibility index (Phi) is 9.27. The van der Waals surface area contributed by atoms with Crippen LogP contribution in [0.2, 0.25) is 0 Å². The molecule has 1 aliphatic heterocycles. The van der Waals surface area contributed by atoms with Crippen LogP contribution in [-0.2, 0) is 16.1 Å². The Balaban J connectivity index is 1.60. The molecule has 9 heteroatoms. The molecule has 0 radical (unpaired) electrons. The van der Waals surface area contributed by atoms with Gasteiger partial charge in [0.15, 0.2) is 0 Å². The van der Waals surface area contributed by atoms with Crippen molar-refractivity contribution in [1.82, 2.24) is 15.3 Å². The lowest BCUT2D eigenvalue weighted by atomic mass is 9.98. The summed E-state index contributed by atoms with van der Waals surface area (Å²) in [5, 5.41) is 1.05. The lowest BCUT2D eigenvalue weighted by molar-refractivity contribution is 0.0132. The summed E-state index contributed by atoms with van der Waals surface area (Å²) in [7, 11) is 0. The molecule has 1 N–H and O–H groups in total. The summed E-state index contributed by atoms with van der Waals surface area (Å²) in [6, 6.07) is 13.8. The van der Waals surface area contributed by atoms with Crippen LogP contribution in [0.5, 0.6) is 0 Å². The van der Waals surface area contributed by atoms with Crippen LogP contribution in [0.4, 0.5) is 14.0 Å². The standard InChI is InChI=1S/C28H34FN3O5/c1-5-15-32(27(35)37-28(2,3)4)30-25(33)23-12-11-22(18-24(23)29)21-13-16-31(17-14-21)26(34)36-19-20-9-7-6-8-10-20/h6-13,18H,5,14-17,19H2,1-4H3,(H,30,33). The number of halogens is 1. The predicted molar refractivity (Wildman–Crippen MR) is 138 cm³/mol. The number of carbonyl (C=O) groups excluding carboxylic acids is 3. The first kappa shape index (κ1) is 27.7. The molecule has 0 saturated heterocycles. The van der Waals surface area contributed by atoms with Crippen LogP contribution in [0, 0.1) is 5.82 Å². The van der Waals surface area contributed by atoms with Gasteiger partial charge in [0.2, 0.25) is 0 Å². The van der Waals surface area contributed by atoms with Gasteiger partial charge < -0.3 is 14.4 Å². The molecule has 2 aromatic rings. The molecule has 1 heterocycles. The summed E-state index contributed by atoms with van der Waals surface area (Å²) < 4.78 is 25.6. The lowest BCUT2D eigenvalue weighted by Crippen LogP contribution is -2.48. The van der Waals surface area contributed by atoms with Crippen molar-refractivity contribution in [3.63, 3.8) is 0 Å². The second-order valence-electron chi connectivity index (χ2n) is 9.73. The molecule has 37 heavy (non-hydrogen) atoms. The van der Waals surface area contributed by atoms with E-state index in [-0.39, 0.29) is 18.7 Å². The van der Waals surface area contributed by atoms with Crippen molar-refractivity contribution in [2.75, 3.05) is 19.6 Å². The molecule has 0 unspecified atom stereocenters. The Labute approximate surface area is 217 Å². The molecule has 8 nitrogen and oxygen atoms in total. The lowest BCUT2D eigenvalue weighted by Gasteiger charge is -2.27. The van der Waals surface area contributed by atoms with Crippen LogP contribution < -0.4 is 5.43 Å². The molecular weight excluding hydrogens is 477 g/mol. The highest BCUT2D eigenvalue weighted by atomic mass is 19.1. The molecule has 0 aromatic heterocycles. The summed E-state index contributed by atoms with van der Waals surface area (Å²) in [4.78, 5) is 39.1. The van der Waals surface area contributed by atoms with Crippen molar-refractivity contribution in [2.45, 2.75) is 52.7 Å². The fraction of sp³-hybridized carbons (Fsp3) is 0.393. The minimum atomic E-state index is -0.742. The third-order valence-electron chi connectivity index (χ3n) is 5.55. The number of hydrogen-bond donors (Lipinski definition) is 1. The van der Waals surface area contributed by atoms with Gasteiger partial charge in [0, 0.05) is 19.6 Å². The average molecular weight is 512 g/mol. The zero-order valence-electron chi connectivity index (χ0n) is 21.8. The van der Waals surface area contributed by atoms with Crippen molar-refractivity contribution in [3.05, 3.63) is 77.1 Å². The van der Waals surface area contributed by atoms with E-state index in [4.69, 9.17) is 9.47 Å². The molecule has 198 valence electrons. The maximum atomic E-state index is 14.9. The fourth-order valence-corrected chi connectivity index (χ4v) is 3.72. The monoisotopic (exact) mass is 511 g/mol. The number of nitrogens with one attached hydrogen (secondary N) is 1. The van der Waals surface area contributed by atoms with Gasteiger partial charge in [-0.3, -0.25) is 10.2 Å². The molecule has 3 rings (SSSR count). The van der Waals surface area contributed by atoms with Crippen LogP contribution in [0.15, 0.2) is 54.6 Å². The van der Waals surface area contributed by atoms with Gasteiger partial charge in [-0.25, -0.2) is 19.0 Å². The van der Waals surface area contributed by atoms with Crippen molar-refractivity contribution in [1.29, 1.82) is 0 Å². The van der Waals surface area contributed by atoms with E-state index >= 15 is 0 Å². The highest BCUT2D eigenvalue weighted by Crippen LogP contribution is 2.25. The first-order chi connectivity index (χ1) is 17.6. The number of ether oxygens (including phenoxy) is 2. The minimum absolute atomic E-state index is 0.184. The van der Waals surface area contributed by atoms with E-state index in [0.29, 0.717) is 31.5 Å². The smallest absolute Gasteiger partial charge is 0.429 e. The van der Waals surface area contributed by atoms with Crippen molar-refractivity contribution in [2.24, 2.45) is 0 Å². The number of hydrogen-bond acceptors (Lipinski definition) is 5. The molecule has 0 spiro atoms. The van der Waals surface area contributed by atoms with Gasteiger partial charge in [0.05, 0.1) is 5.56 Å². The summed E-state index contributed by atoms with van der Waals surface area (Å²) in [5.41, 5.74) is 3.94. The maximum Gasteiger partial charge on any atom is 0.429 e. The number of hydrazine groups is 1. The molecular formula is C28H34FN3O5. The minimum Gasteiger partial charge on any atom is -0.445 e. The molecule has 0 saturated carbocycles. The Bertz CT molecular complexity index is 1140. The molecule has 0 atom stereocenters. The van der Waals surface area contributed by atoms with E-state index in [9.17, 15) is 18.8 Å². The van der Waals surface area contributed by atoms with Gasteiger partial charge in [-0.05, 0) is 62.4 Å². The van der Waals surface area contributed by atoms with E-state index in [1.165, 1.54) is 12.1 Å². The second-order valence-corrected chi connectivity index (χ2v) is 9.73. The van der Waals surface area contributed by atoms with E-state index in [0.717, 1.165) is 16.1 Å². The number of rotatable bonds is 6. The number of carbonyl (C=O) groups is 3. The van der Waals surface area contributed by atoms with Gasteiger partial charge in [-0.2, -0.15) is 0 Å². The van der Waals surface area contributed by atoms with Crippen molar-refractivity contribution < 1.29 is 28.2 Å². The first-order valence-corrected chi connectivity index (χ1v) is 12.3. The van der Waals surface area contributed by atoms with Crippen LogP contribution >= 0.6 is 0 Å². The SMILES string of the molecule is CCCN(NC(=O)c1ccc(C2=CCN(C(=O)OCc3ccccc3)CC2)cc1F)C(=O)OC(C)(C)C. The Morgan fingerprint density at radius 3 is 2.43 bits per heavy atom. The third-order valence-corrected chi connectivity index (χ3v) is 5.55. The first-order valence-electron chi connectivity index (χ1n) is 12.3. The zero-order valence-corrected chi connectivity index (χ0v) is 21.8. The zero-order chi connectivity index (χ0) is 27.0. The molecule has 2 aromatic carbocycles. The predicted octanol–water partition coefficient (Wildman–Crippen LogP) is 5.54. The number of benzene rings is 2. The van der Waals surface area contributed by atoms with Crippen LogP contribution in [-0.4, -0.2) is 53.2 Å². The molecule has 1 aliphatic rings. The quantitative estimate of drug-likeness (QED) is 0.514. The summed E-state index contributed by atoms with van der Waals surface area (Å²) in [6.45, 7) is 8.22. The Hall–Kier alpha value is -3.88. The Morgan fingerprint density at radius 2 is 1.84 bits per heavy atom. The van der Waals surface area contributed by atoms with Gasteiger partial charge in [0.25, 0.3) is 5.91 Å². The van der Waals surface area contributed by atoms with Gasteiger partial charge in [0.1, 0.15) is 18.0 Å². The van der Waals surface area contributed by atoms with Crippen molar-refractivity contribution >= 4 is 23.7 Å². The normalized spacial score (nSPS) is 13.4. The number of amides is 3. The van der Waals surface area contributed by atoms with E-state index < -0.39 is 29.5 Å². The van der Waals surface area contributed by atoms with Gasteiger partial charge >= 0.3 is 12.2 Å². The highest BCUT2D eigenvalue weighted by molar-refractivity contribution is 5.95. The molecule has 0 bridgehead atoms. The van der Waals surface area contributed by atoms with Crippen LogP contribution in [0.3, 0.4) is 0 Å². The third kappa shape index (κ3) is 8.06. The maximum absolute atomic E-state index is 14.9. The molecule has 0 fully saturated rings. The summed E-state index contributed by atoms with van der Waals surface area (Å²) in [5.74, 6) is -1.45. The second kappa shape index (κ2) is 12.4. The van der Waals surface area contributed by atoms with Crippen molar-refractivity contribution in [3.8, 4) is 0 Å². The molecule has 3 amide bonds.